The van der Waals surface area contributed by atoms with Crippen molar-refractivity contribution >= 4 is 87.3 Å². The Morgan fingerprint density at radius 3 is 0.538 bits per heavy atom. The minimum Gasteiger partial charge on any atom is -0.481 e. The van der Waals surface area contributed by atoms with Gasteiger partial charge in [-0.1, -0.05) is 243 Å². The molecule has 0 bridgehead atoms. The second-order valence-corrected chi connectivity index (χ2v) is 23.5. The first-order chi connectivity index (χ1) is 30.6. The first-order valence-electron chi connectivity index (χ1n) is 20.1. The molecule has 0 unspecified atom stereocenters. The van der Waals surface area contributed by atoms with Crippen LogP contribution in [0.5, 0.6) is 0 Å². The van der Waals surface area contributed by atoms with E-state index in [4.69, 9.17) is 9.90 Å². The molecule has 0 aromatic heterocycles. The van der Waals surface area contributed by atoms with Crippen molar-refractivity contribution in [1.29, 1.82) is 0 Å². The number of halogens is 4. The molecule has 0 atom stereocenters. The van der Waals surface area contributed by atoms with Crippen LogP contribution in [0.25, 0.3) is 0 Å². The van der Waals surface area contributed by atoms with Crippen LogP contribution in [0, 0.1) is 0 Å². The monoisotopic (exact) mass is 1040 g/mol. The summed E-state index contributed by atoms with van der Waals surface area (Å²) >= 11 is 0. The Balaban J connectivity index is 0.000000284. The van der Waals surface area contributed by atoms with Crippen LogP contribution < -0.4 is 42.4 Å². The maximum Gasteiger partial charge on any atom is 1.00 e. The van der Waals surface area contributed by atoms with E-state index in [1.807, 2.05) is 0 Å². The Bertz CT molecular complexity index is 1960. The third-order valence-corrected chi connectivity index (χ3v) is 21.0. The van der Waals surface area contributed by atoms with Crippen molar-refractivity contribution in [2.24, 2.45) is 0 Å². The first-order valence-corrected chi connectivity index (χ1v) is 26.2. The molecule has 0 heterocycles. The minimum absolute atomic E-state index is 0. The smallest absolute Gasteiger partial charge is 0.481 e. The summed E-state index contributed by atoms with van der Waals surface area (Å²) in [7, 11) is -7.63. The van der Waals surface area contributed by atoms with Crippen LogP contribution in [-0.2, 0) is 38.9 Å². The van der Waals surface area contributed by atoms with Crippen LogP contribution in [0.3, 0.4) is 0 Å². The molecule has 65 heavy (non-hydrogen) atoms. The Morgan fingerprint density at radius 2 is 0.446 bits per heavy atom. The molecule has 341 valence electrons. The Morgan fingerprint density at radius 1 is 0.354 bits per heavy atom. The fourth-order valence-electron chi connectivity index (χ4n) is 6.40. The van der Waals surface area contributed by atoms with E-state index in [0.717, 1.165) is 6.92 Å². The fraction of sp³-hybridized carbons (Fsp3) is 0.0577. The van der Waals surface area contributed by atoms with Gasteiger partial charge in [0.2, 0.25) is 0 Å². The van der Waals surface area contributed by atoms with E-state index in [0.29, 0.717) is 0 Å². The van der Waals surface area contributed by atoms with Crippen molar-refractivity contribution in [3.8, 4) is 0 Å². The second kappa shape index (κ2) is 30.1. The maximum absolute atomic E-state index is 9.75. The summed E-state index contributed by atoms with van der Waals surface area (Å²) in [5.74, 6) is 1.51. The van der Waals surface area contributed by atoms with Crippen LogP contribution in [0.4, 0.5) is 17.3 Å². The molecular weight excluding hydrogens is 994 g/mol. The molecule has 0 saturated heterocycles. The zero-order chi connectivity index (χ0) is 44.7. The molecule has 0 aliphatic rings. The molecule has 1 radical (unpaired) electrons. The largest absolute Gasteiger partial charge is 1.00 e. The number of carboxylic acids is 1. The molecule has 13 heteroatoms. The number of hydrogen-bond donors (Lipinski definition) is 1. The van der Waals surface area contributed by atoms with Crippen molar-refractivity contribution in [2.45, 2.75) is 6.92 Å². The number of hydrogen-bond acceptors (Lipinski definition) is 1. The predicted octanol–water partition coefficient (Wildman–Crippen LogP) is 11.8. The van der Waals surface area contributed by atoms with Gasteiger partial charge in [0.15, 0.2) is 0 Å². The number of aliphatic carboxylic acids is 1. The normalized spacial score (nSPS) is 10.5. The van der Waals surface area contributed by atoms with Gasteiger partial charge < -0.3 is 22.4 Å². The van der Waals surface area contributed by atoms with E-state index in [9.17, 15) is 17.3 Å². The molecule has 0 aliphatic carbocycles. The second-order valence-electron chi connectivity index (χ2n) is 13.7. The zero-order valence-corrected chi connectivity index (χ0v) is 40.8. The summed E-state index contributed by atoms with van der Waals surface area (Å²) in [5.41, 5.74) is 0. The van der Waals surface area contributed by atoms with Crippen molar-refractivity contribution in [3.05, 3.63) is 243 Å². The van der Waals surface area contributed by atoms with Crippen LogP contribution in [0.1, 0.15) is 6.92 Å². The van der Waals surface area contributed by atoms with Gasteiger partial charge >= 0.3 is 24.3 Å². The molecule has 8 aromatic carbocycles. The van der Waals surface area contributed by atoms with E-state index in [1.54, 1.807) is 0 Å². The molecule has 0 amide bonds. The summed E-state index contributed by atoms with van der Waals surface area (Å²) in [6, 6.07) is 88.3. The van der Waals surface area contributed by atoms with E-state index in [2.05, 4.69) is 243 Å². The van der Waals surface area contributed by atoms with Gasteiger partial charge in [-0.2, -0.15) is 0 Å². The number of carboxylic acid groups (broad SMARTS) is 1. The Hall–Kier alpha value is -4.23. The third kappa shape index (κ3) is 20.0. The van der Waals surface area contributed by atoms with E-state index in [-0.39, 0.29) is 34.1 Å². The summed E-state index contributed by atoms with van der Waals surface area (Å²) < 4.78 is 39.0. The number of benzene rings is 8. The zero-order valence-electron chi connectivity index (χ0n) is 35.3. The number of rotatable bonds is 12. The van der Waals surface area contributed by atoms with Gasteiger partial charge in [0, 0.05) is 35.8 Å². The van der Waals surface area contributed by atoms with Crippen molar-refractivity contribution in [3.63, 3.8) is 0 Å². The van der Waals surface area contributed by atoms with Crippen LogP contribution in [0.15, 0.2) is 243 Å². The van der Waals surface area contributed by atoms with Gasteiger partial charge in [0.05, 0.1) is 0 Å². The van der Waals surface area contributed by atoms with Gasteiger partial charge in [-0.15, -0.1) is 0 Å². The summed E-state index contributed by atoms with van der Waals surface area (Å²) in [5, 5.41) is 19.1. The van der Waals surface area contributed by atoms with Crippen molar-refractivity contribution < 1.29 is 61.3 Å². The molecular formula is C52H48BCu2F4O2P4. The van der Waals surface area contributed by atoms with Gasteiger partial charge in [0.1, 0.15) is 0 Å². The van der Waals surface area contributed by atoms with E-state index in [1.165, 1.54) is 54.2 Å². The SMILES string of the molecule is CC(=O)O.F[B-](F)(F)F.[Cu+].[Cu].c1ccc(P(CP(c2ccccc2)c2ccccc2)c2ccccc2)cc1.c1ccc(P(CP(c2ccccc2)c2ccccc2)c2ccccc2)cc1. The van der Waals surface area contributed by atoms with Crippen LogP contribution in [-0.4, -0.2) is 30.1 Å². The van der Waals surface area contributed by atoms with Gasteiger partial charge in [-0.25, -0.2) is 0 Å². The molecule has 0 spiro atoms. The number of carbonyl (C=O) groups is 1. The standard InChI is InChI=1S/2C25H22P2.C2H4O2.BF4.2Cu/c2*1-5-13-22(14-6-1)26(23-15-7-2-8-16-23)21-27(24-17-9-3-10-18-24)25-19-11-4-12-20-25;1-2(3)4;2-1(3,4)5;;/h2*1-20H,21H2;1H3,(H,3,4);;;/q;;;-1;;+1. The Labute approximate surface area is 407 Å². The third-order valence-electron chi connectivity index (χ3n) is 9.11. The average Bonchev–Trinajstić information content (AvgIpc) is 3.31. The molecule has 8 aromatic rings. The van der Waals surface area contributed by atoms with E-state index < -0.39 is 44.9 Å². The predicted molar refractivity (Wildman–Crippen MR) is 270 cm³/mol. The minimum atomic E-state index is -6.00. The van der Waals surface area contributed by atoms with Crippen molar-refractivity contribution in [2.75, 3.05) is 11.8 Å². The molecule has 8 rings (SSSR count). The summed E-state index contributed by atoms with van der Waals surface area (Å²) in [6.07, 6.45) is 0. The average molecular weight is 1040 g/mol. The molecule has 1 N–H and O–H groups in total. The fourth-order valence-corrected chi connectivity index (χ4v) is 19.3. The van der Waals surface area contributed by atoms with Crippen LogP contribution in [0.2, 0.25) is 0 Å². The Kier molecular flexibility index (Phi) is 25.5. The van der Waals surface area contributed by atoms with Crippen LogP contribution >= 0.6 is 31.7 Å². The molecule has 0 aliphatic heterocycles. The quantitative estimate of drug-likeness (QED) is 0.0752. The van der Waals surface area contributed by atoms with E-state index >= 15 is 0 Å². The van der Waals surface area contributed by atoms with Gasteiger partial charge in [-0.3, -0.25) is 4.79 Å². The first kappa shape index (κ1) is 55.1. The van der Waals surface area contributed by atoms with Gasteiger partial charge in [0.25, 0.3) is 5.97 Å². The topological polar surface area (TPSA) is 37.3 Å². The maximum atomic E-state index is 9.75. The molecule has 2 nitrogen and oxygen atoms in total. The molecule has 0 fully saturated rings. The van der Waals surface area contributed by atoms with Gasteiger partial charge in [-0.05, 0) is 74.1 Å². The molecule has 0 saturated carbocycles. The summed E-state index contributed by atoms with van der Waals surface area (Å²) in [4.78, 5) is 9.00. The summed E-state index contributed by atoms with van der Waals surface area (Å²) in [6.45, 7) is 1.08. The van der Waals surface area contributed by atoms with Crippen molar-refractivity contribution in [1.82, 2.24) is 0 Å².